The molecule has 2 aromatic heterocycles. The number of hydrogen-bond donors (Lipinski definition) is 2. The van der Waals surface area contributed by atoms with E-state index in [4.69, 9.17) is 4.74 Å². The van der Waals surface area contributed by atoms with Gasteiger partial charge < -0.3 is 15.4 Å². The van der Waals surface area contributed by atoms with Crippen LogP contribution in [-0.2, 0) is 10.4 Å². The fraction of sp³-hybridized carbons (Fsp3) is 0.474. The summed E-state index contributed by atoms with van der Waals surface area (Å²) in [6, 6.07) is 3.46. The quantitative estimate of drug-likeness (QED) is 0.863. The minimum atomic E-state index is -0.621. The van der Waals surface area contributed by atoms with Gasteiger partial charge in [0.25, 0.3) is 11.5 Å². The summed E-state index contributed by atoms with van der Waals surface area (Å²) in [4.78, 5) is 34.3. The first-order chi connectivity index (χ1) is 13.2. The lowest BCUT2D eigenvalue weighted by Crippen LogP contribution is -2.48. The van der Waals surface area contributed by atoms with Gasteiger partial charge in [0, 0.05) is 18.2 Å². The first-order valence-electron chi connectivity index (χ1n) is 9.46. The molecule has 1 amide bonds. The van der Waals surface area contributed by atoms with E-state index in [1.54, 1.807) is 22.9 Å². The zero-order valence-electron chi connectivity index (χ0n) is 14.9. The lowest BCUT2D eigenvalue weighted by molar-refractivity contribution is -0.0534. The van der Waals surface area contributed by atoms with Gasteiger partial charge in [0.05, 0.1) is 12.7 Å². The van der Waals surface area contributed by atoms with E-state index < -0.39 is 5.66 Å². The normalized spacial score (nSPS) is 22.8. The van der Waals surface area contributed by atoms with Crippen molar-refractivity contribution >= 4 is 17.4 Å². The van der Waals surface area contributed by atoms with Crippen LogP contribution >= 0.6 is 0 Å². The molecule has 2 N–H and O–H groups in total. The van der Waals surface area contributed by atoms with Gasteiger partial charge >= 0.3 is 0 Å². The Balaban J connectivity index is 1.69. The highest BCUT2D eigenvalue weighted by molar-refractivity contribution is 5.97. The molecule has 1 saturated heterocycles. The molecule has 1 unspecified atom stereocenters. The van der Waals surface area contributed by atoms with Gasteiger partial charge in [-0.2, -0.15) is 0 Å². The Kier molecular flexibility index (Phi) is 3.75. The average Bonchev–Trinajstić information content (AvgIpc) is 2.91. The van der Waals surface area contributed by atoms with Crippen molar-refractivity contribution in [2.45, 2.75) is 50.3 Å². The van der Waals surface area contributed by atoms with Gasteiger partial charge in [-0.1, -0.05) is 6.42 Å². The number of fused-ring (bicyclic) bond motifs is 2. The average molecular weight is 367 g/mol. The van der Waals surface area contributed by atoms with Crippen LogP contribution in [0, 0.1) is 0 Å². The van der Waals surface area contributed by atoms with Crippen LogP contribution < -0.4 is 16.2 Å². The number of ether oxygens (including phenoxy) is 1. The summed E-state index contributed by atoms with van der Waals surface area (Å²) in [5, 5.41) is 6.23. The van der Waals surface area contributed by atoms with Crippen molar-refractivity contribution in [1.29, 1.82) is 0 Å². The molecule has 1 saturated carbocycles. The number of carbonyl (C=O) groups is 1. The van der Waals surface area contributed by atoms with Crippen molar-refractivity contribution in [2.24, 2.45) is 0 Å². The smallest absolute Gasteiger partial charge is 0.276 e. The second kappa shape index (κ2) is 6.16. The first kappa shape index (κ1) is 16.4. The highest BCUT2D eigenvalue weighted by Gasteiger charge is 2.47. The standard InChI is InChI=1S/C19H21N5O3/c25-17-16-12(14-5-9-27-14)10-13(22-15-4-8-20-11-21-15)18(26)24(16)19(23-17)6-2-1-3-7-19/h4,8,10-11,14H,1-3,5-7,9H2,(H,23,25)(H,20,21,22). The number of hydrogen-bond acceptors (Lipinski definition) is 6. The molecule has 27 heavy (non-hydrogen) atoms. The molecule has 0 aromatic carbocycles. The number of amides is 1. The summed E-state index contributed by atoms with van der Waals surface area (Å²) in [5.74, 6) is 0.367. The van der Waals surface area contributed by atoms with Crippen LogP contribution in [0.3, 0.4) is 0 Å². The summed E-state index contributed by atoms with van der Waals surface area (Å²) in [5.41, 5.74) is 0.817. The summed E-state index contributed by atoms with van der Waals surface area (Å²) in [6.07, 6.45) is 8.39. The Bertz CT molecular complexity index is 946. The molecule has 1 atom stereocenters. The van der Waals surface area contributed by atoms with Gasteiger partial charge in [-0.15, -0.1) is 0 Å². The molecule has 3 aliphatic rings. The number of aromatic nitrogens is 3. The second-order valence-electron chi connectivity index (χ2n) is 7.42. The molecular weight excluding hydrogens is 346 g/mol. The molecule has 140 valence electrons. The zero-order valence-corrected chi connectivity index (χ0v) is 14.9. The SMILES string of the molecule is O=C1NC2(CCCCC2)n2c1c(C1CCO1)cc(Nc1ccncn1)c2=O. The van der Waals surface area contributed by atoms with Crippen molar-refractivity contribution in [3.8, 4) is 0 Å². The van der Waals surface area contributed by atoms with E-state index in [0.717, 1.165) is 44.1 Å². The number of anilines is 2. The fourth-order valence-electron chi connectivity index (χ4n) is 4.41. The molecule has 2 aromatic rings. The van der Waals surface area contributed by atoms with E-state index in [2.05, 4.69) is 20.6 Å². The van der Waals surface area contributed by atoms with E-state index in [0.29, 0.717) is 23.8 Å². The van der Waals surface area contributed by atoms with Crippen molar-refractivity contribution in [1.82, 2.24) is 19.9 Å². The van der Waals surface area contributed by atoms with E-state index in [1.165, 1.54) is 6.33 Å². The maximum absolute atomic E-state index is 13.4. The maximum atomic E-state index is 13.4. The molecule has 0 radical (unpaired) electrons. The minimum absolute atomic E-state index is 0.151. The first-order valence-corrected chi connectivity index (χ1v) is 9.46. The Morgan fingerprint density at radius 3 is 2.74 bits per heavy atom. The van der Waals surface area contributed by atoms with E-state index in [-0.39, 0.29) is 17.6 Å². The fourth-order valence-corrected chi connectivity index (χ4v) is 4.41. The van der Waals surface area contributed by atoms with Gasteiger partial charge in [0.15, 0.2) is 0 Å². The molecule has 1 spiro atoms. The van der Waals surface area contributed by atoms with Crippen LogP contribution in [0.5, 0.6) is 0 Å². The molecule has 8 nitrogen and oxygen atoms in total. The third-order valence-corrected chi connectivity index (χ3v) is 5.79. The van der Waals surface area contributed by atoms with Gasteiger partial charge in [0.2, 0.25) is 0 Å². The summed E-state index contributed by atoms with van der Waals surface area (Å²) >= 11 is 0. The predicted molar refractivity (Wildman–Crippen MR) is 97.9 cm³/mol. The highest BCUT2D eigenvalue weighted by Crippen LogP contribution is 2.41. The Morgan fingerprint density at radius 1 is 1.26 bits per heavy atom. The lowest BCUT2D eigenvalue weighted by atomic mass is 9.89. The largest absolute Gasteiger partial charge is 0.373 e. The van der Waals surface area contributed by atoms with Crippen LogP contribution in [-0.4, -0.2) is 27.0 Å². The molecule has 2 fully saturated rings. The predicted octanol–water partition coefficient (Wildman–Crippen LogP) is 2.20. The van der Waals surface area contributed by atoms with Crippen LogP contribution in [0.25, 0.3) is 0 Å². The molecule has 4 heterocycles. The van der Waals surface area contributed by atoms with E-state index in [9.17, 15) is 9.59 Å². The number of pyridine rings is 1. The van der Waals surface area contributed by atoms with Crippen molar-refractivity contribution in [3.63, 3.8) is 0 Å². The topological polar surface area (TPSA) is 98.1 Å². The van der Waals surface area contributed by atoms with Crippen molar-refractivity contribution < 1.29 is 9.53 Å². The minimum Gasteiger partial charge on any atom is -0.373 e. The van der Waals surface area contributed by atoms with E-state index >= 15 is 0 Å². The van der Waals surface area contributed by atoms with Crippen LogP contribution in [0.2, 0.25) is 0 Å². The van der Waals surface area contributed by atoms with Crippen LogP contribution in [0.1, 0.15) is 60.7 Å². The number of nitrogens with one attached hydrogen (secondary N) is 2. The number of rotatable bonds is 3. The Hall–Kier alpha value is -2.74. The third kappa shape index (κ3) is 2.55. The van der Waals surface area contributed by atoms with Crippen molar-refractivity contribution in [2.75, 3.05) is 11.9 Å². The molecule has 5 rings (SSSR count). The molecular formula is C19H21N5O3. The number of nitrogens with zero attached hydrogens (tertiary/aromatic N) is 3. The van der Waals surface area contributed by atoms with Gasteiger partial charge in [0.1, 0.15) is 29.2 Å². The maximum Gasteiger partial charge on any atom is 0.276 e. The molecule has 0 bridgehead atoms. The van der Waals surface area contributed by atoms with Gasteiger partial charge in [-0.25, -0.2) is 9.97 Å². The molecule has 1 aliphatic carbocycles. The Morgan fingerprint density at radius 2 is 2.07 bits per heavy atom. The second-order valence-corrected chi connectivity index (χ2v) is 7.42. The Labute approximate surface area is 156 Å². The number of carbonyl (C=O) groups excluding carboxylic acids is 1. The van der Waals surface area contributed by atoms with Crippen LogP contribution in [0.4, 0.5) is 11.5 Å². The van der Waals surface area contributed by atoms with Crippen LogP contribution in [0.15, 0.2) is 29.5 Å². The monoisotopic (exact) mass is 367 g/mol. The van der Waals surface area contributed by atoms with Gasteiger partial charge in [-0.05, 0) is 37.8 Å². The zero-order chi connectivity index (χ0) is 18.4. The summed E-state index contributed by atoms with van der Waals surface area (Å²) in [6.45, 7) is 0.671. The van der Waals surface area contributed by atoms with Gasteiger partial charge in [-0.3, -0.25) is 14.2 Å². The van der Waals surface area contributed by atoms with Crippen molar-refractivity contribution in [3.05, 3.63) is 46.3 Å². The lowest BCUT2D eigenvalue weighted by Gasteiger charge is -2.36. The summed E-state index contributed by atoms with van der Waals surface area (Å²) in [7, 11) is 0. The van der Waals surface area contributed by atoms with E-state index in [1.807, 2.05) is 0 Å². The summed E-state index contributed by atoms with van der Waals surface area (Å²) < 4.78 is 7.35. The third-order valence-electron chi connectivity index (χ3n) is 5.79. The molecule has 2 aliphatic heterocycles. The molecule has 8 heteroatoms. The highest BCUT2D eigenvalue weighted by atomic mass is 16.5.